The predicted molar refractivity (Wildman–Crippen MR) is 117 cm³/mol. The van der Waals surface area contributed by atoms with Gasteiger partial charge in [-0.05, 0) is 25.0 Å². The van der Waals surface area contributed by atoms with Gasteiger partial charge in [-0.2, -0.15) is 0 Å². The Morgan fingerprint density at radius 3 is 1.46 bits per heavy atom. The summed E-state index contributed by atoms with van der Waals surface area (Å²) >= 11 is 11.9. The minimum atomic E-state index is 0. The summed E-state index contributed by atoms with van der Waals surface area (Å²) in [7, 11) is 3.26. The van der Waals surface area contributed by atoms with Gasteiger partial charge in [-0.1, -0.05) is 21.6 Å². The molecule has 0 radical (unpaired) electrons. The van der Waals surface area contributed by atoms with Crippen molar-refractivity contribution < 1.29 is 10.2 Å². The van der Waals surface area contributed by atoms with Crippen LogP contribution in [0.5, 0.6) is 11.5 Å². The lowest BCUT2D eigenvalue weighted by molar-refractivity contribution is 0.461. The highest BCUT2D eigenvalue weighted by molar-refractivity contribution is 8.76. The van der Waals surface area contributed by atoms with Crippen LogP contribution in [0.4, 0.5) is 0 Å². The quantitative estimate of drug-likeness (QED) is 0.293. The van der Waals surface area contributed by atoms with Crippen molar-refractivity contribution in [1.29, 1.82) is 0 Å². The summed E-state index contributed by atoms with van der Waals surface area (Å²) < 4.78 is 0. The molecule has 0 bridgehead atoms. The van der Waals surface area contributed by atoms with Crippen LogP contribution in [0.3, 0.4) is 0 Å². The Labute approximate surface area is 183 Å². The molecule has 0 fully saturated rings. The van der Waals surface area contributed by atoms with E-state index in [1.807, 2.05) is 0 Å². The first kappa shape index (κ1) is 25.8. The summed E-state index contributed by atoms with van der Waals surface area (Å²) in [6.07, 6.45) is 3.51. The number of halogens is 4. The Morgan fingerprint density at radius 2 is 1.15 bits per heavy atom. The van der Waals surface area contributed by atoms with Crippen LogP contribution in [0.25, 0.3) is 0 Å². The van der Waals surface area contributed by atoms with Gasteiger partial charge in [0.2, 0.25) is 0 Å². The molecule has 2 aromatic rings. The van der Waals surface area contributed by atoms with Crippen LogP contribution in [0.15, 0.2) is 12.4 Å². The molecule has 10 heteroatoms. The summed E-state index contributed by atoms with van der Waals surface area (Å²) in [5.74, 6) is 2.20. The van der Waals surface area contributed by atoms with Crippen LogP contribution in [0, 0.1) is 13.8 Å². The van der Waals surface area contributed by atoms with Crippen molar-refractivity contribution in [3.8, 4) is 11.5 Å². The van der Waals surface area contributed by atoms with Crippen LogP contribution < -0.4 is 0 Å². The molecule has 0 aliphatic carbocycles. The Morgan fingerprint density at radius 1 is 0.808 bits per heavy atom. The SMILES string of the molecule is Cc1ncc(CSSCc2cnc(C)c(O)c2CCl)c(CCl)c1O.Cl.Cl. The third-order valence-corrected chi connectivity index (χ3v) is 6.41. The van der Waals surface area contributed by atoms with Crippen molar-refractivity contribution in [3.63, 3.8) is 0 Å². The fourth-order valence-corrected chi connectivity index (χ4v) is 4.90. The van der Waals surface area contributed by atoms with Crippen LogP contribution in [0.1, 0.15) is 33.6 Å². The molecule has 4 nitrogen and oxygen atoms in total. The third kappa shape index (κ3) is 6.14. The highest BCUT2D eigenvalue weighted by Crippen LogP contribution is 2.35. The van der Waals surface area contributed by atoms with Crippen molar-refractivity contribution in [2.75, 3.05) is 0 Å². The zero-order valence-electron chi connectivity index (χ0n) is 14.2. The van der Waals surface area contributed by atoms with Crippen LogP contribution in [-0.4, -0.2) is 20.2 Å². The smallest absolute Gasteiger partial charge is 0.141 e. The van der Waals surface area contributed by atoms with Crippen LogP contribution >= 0.6 is 69.6 Å². The van der Waals surface area contributed by atoms with Crippen molar-refractivity contribution >= 4 is 69.6 Å². The Kier molecular flexibility index (Phi) is 12.2. The summed E-state index contributed by atoms with van der Waals surface area (Å²) in [6, 6.07) is 0. The maximum atomic E-state index is 10.0. The van der Waals surface area contributed by atoms with Crippen molar-refractivity contribution in [2.24, 2.45) is 0 Å². The van der Waals surface area contributed by atoms with E-state index in [-0.39, 0.29) is 48.1 Å². The molecule has 0 spiro atoms. The van der Waals surface area contributed by atoms with Gasteiger partial charge in [-0.3, -0.25) is 9.97 Å². The largest absolute Gasteiger partial charge is 0.506 e. The summed E-state index contributed by atoms with van der Waals surface area (Å²) in [5, 5.41) is 20.0. The molecule has 0 aromatic carbocycles. The first-order valence-electron chi connectivity index (χ1n) is 7.18. The fourth-order valence-electron chi connectivity index (χ4n) is 2.13. The molecule has 0 amide bonds. The molecule has 26 heavy (non-hydrogen) atoms. The topological polar surface area (TPSA) is 66.2 Å². The van der Waals surface area contributed by atoms with Gasteiger partial charge in [0.1, 0.15) is 11.5 Å². The molecule has 146 valence electrons. The minimum Gasteiger partial charge on any atom is -0.506 e. The average molecular weight is 478 g/mol. The van der Waals surface area contributed by atoms with E-state index in [1.54, 1.807) is 47.8 Å². The second kappa shape index (κ2) is 12.3. The van der Waals surface area contributed by atoms with Crippen molar-refractivity contribution in [3.05, 3.63) is 46.0 Å². The molecule has 0 atom stereocenters. The molecule has 2 heterocycles. The van der Waals surface area contributed by atoms with Gasteiger partial charge >= 0.3 is 0 Å². The average Bonchev–Trinajstić information content (AvgIpc) is 2.58. The zero-order valence-corrected chi connectivity index (χ0v) is 18.9. The lowest BCUT2D eigenvalue weighted by Crippen LogP contribution is -1.96. The minimum absolute atomic E-state index is 0. The van der Waals surface area contributed by atoms with Gasteiger partial charge in [0.25, 0.3) is 0 Å². The van der Waals surface area contributed by atoms with Gasteiger partial charge in [0.15, 0.2) is 0 Å². The Hall–Kier alpha value is -0.240. The van der Waals surface area contributed by atoms with E-state index in [0.717, 1.165) is 22.3 Å². The summed E-state index contributed by atoms with van der Waals surface area (Å²) in [5.41, 5.74) is 4.47. The van der Waals surface area contributed by atoms with E-state index in [0.29, 0.717) is 22.9 Å². The summed E-state index contributed by atoms with van der Waals surface area (Å²) in [4.78, 5) is 8.36. The maximum Gasteiger partial charge on any atom is 0.141 e. The number of aromatic hydroxyl groups is 2. The standard InChI is InChI=1S/C16H18Cl2N2O2S2.2ClH/c1-9-15(21)13(3-17)11(5-19-9)7-23-24-8-12-6-20-10(2)16(22)14(12)4-18;;/h5-6,21-22H,3-4,7-8H2,1-2H3;2*1H. The van der Waals surface area contributed by atoms with E-state index in [9.17, 15) is 10.2 Å². The van der Waals surface area contributed by atoms with Crippen LogP contribution in [0.2, 0.25) is 0 Å². The highest BCUT2D eigenvalue weighted by atomic mass is 35.5. The fraction of sp³-hybridized carbons (Fsp3) is 0.375. The lowest BCUT2D eigenvalue weighted by atomic mass is 10.1. The number of alkyl halides is 2. The molecular formula is C16H20Cl4N2O2S2. The van der Waals surface area contributed by atoms with Gasteiger partial charge in [-0.25, -0.2) is 0 Å². The Balaban J connectivity index is 0.00000312. The molecular weight excluding hydrogens is 458 g/mol. The number of rotatable bonds is 7. The van der Waals surface area contributed by atoms with E-state index in [2.05, 4.69) is 9.97 Å². The van der Waals surface area contributed by atoms with E-state index in [4.69, 9.17) is 23.2 Å². The third-order valence-electron chi connectivity index (χ3n) is 3.64. The summed E-state index contributed by atoms with van der Waals surface area (Å²) in [6.45, 7) is 3.50. The normalized spacial score (nSPS) is 10.2. The molecule has 2 N–H and O–H groups in total. The van der Waals surface area contributed by atoms with E-state index < -0.39 is 0 Å². The number of aryl methyl sites for hydroxylation is 2. The van der Waals surface area contributed by atoms with Crippen molar-refractivity contribution in [2.45, 2.75) is 37.1 Å². The van der Waals surface area contributed by atoms with Crippen molar-refractivity contribution in [1.82, 2.24) is 9.97 Å². The first-order valence-corrected chi connectivity index (χ1v) is 10.7. The van der Waals surface area contributed by atoms with Crippen LogP contribution in [-0.2, 0) is 23.3 Å². The molecule has 0 saturated carbocycles. The number of nitrogens with zero attached hydrogens (tertiary/aromatic N) is 2. The highest BCUT2D eigenvalue weighted by Gasteiger charge is 2.13. The lowest BCUT2D eigenvalue weighted by Gasteiger charge is -2.11. The van der Waals surface area contributed by atoms with Gasteiger partial charge in [0, 0.05) is 35.0 Å². The number of pyridine rings is 2. The zero-order chi connectivity index (χ0) is 17.7. The molecule has 0 aliphatic heterocycles. The molecule has 2 aromatic heterocycles. The molecule has 0 unspecified atom stereocenters. The molecule has 2 rings (SSSR count). The van der Waals surface area contributed by atoms with E-state index >= 15 is 0 Å². The Bertz CT molecular complexity index is 674. The second-order valence-electron chi connectivity index (χ2n) is 5.18. The molecule has 0 saturated heterocycles. The van der Waals surface area contributed by atoms with Gasteiger partial charge < -0.3 is 10.2 Å². The maximum absolute atomic E-state index is 10.0. The number of hydrogen-bond acceptors (Lipinski definition) is 6. The second-order valence-corrected chi connectivity index (χ2v) is 8.18. The number of hydrogen-bond donors (Lipinski definition) is 2. The van der Waals surface area contributed by atoms with Gasteiger partial charge in [0.05, 0.1) is 23.1 Å². The first-order chi connectivity index (χ1) is 11.5. The van der Waals surface area contributed by atoms with Gasteiger partial charge in [-0.15, -0.1) is 48.0 Å². The monoisotopic (exact) mass is 476 g/mol. The van der Waals surface area contributed by atoms with E-state index in [1.165, 1.54) is 0 Å². The molecule has 0 aliphatic rings. The predicted octanol–water partition coefficient (Wildman–Crippen LogP) is 5.91. The number of aromatic nitrogens is 2.